The summed E-state index contributed by atoms with van der Waals surface area (Å²) in [5, 5.41) is 0. The Labute approximate surface area is 157 Å². The van der Waals surface area contributed by atoms with E-state index in [9.17, 15) is 9.18 Å². The molecule has 0 spiro atoms. The maximum Gasteiger partial charge on any atom is 0.253 e. The van der Waals surface area contributed by atoms with Crippen LogP contribution in [0.2, 0.25) is 0 Å². The number of likely N-dealkylation sites (tertiary alicyclic amines) is 1. The standard InChI is InChI=1S/C22H20FN3O/c23-19-8-6-16(7-9-19)20-4-1-5-21(25-20)18-3-2-14-26(15-18)22(27)17-10-12-24-13-11-17/h1,4-13,18H,2-3,14-15H2. The maximum absolute atomic E-state index is 13.2. The van der Waals surface area contributed by atoms with Crippen LogP contribution in [-0.2, 0) is 0 Å². The van der Waals surface area contributed by atoms with Crippen molar-refractivity contribution in [1.82, 2.24) is 14.9 Å². The molecule has 3 heterocycles. The van der Waals surface area contributed by atoms with Crippen molar-refractivity contribution < 1.29 is 9.18 Å². The molecule has 27 heavy (non-hydrogen) atoms. The Morgan fingerprint density at radius 2 is 1.81 bits per heavy atom. The van der Waals surface area contributed by atoms with E-state index in [4.69, 9.17) is 4.98 Å². The molecule has 1 aliphatic heterocycles. The summed E-state index contributed by atoms with van der Waals surface area (Å²) in [5.41, 5.74) is 3.35. The number of pyridine rings is 2. The maximum atomic E-state index is 13.2. The number of nitrogens with zero attached hydrogens (tertiary/aromatic N) is 3. The summed E-state index contributed by atoms with van der Waals surface area (Å²) >= 11 is 0. The molecule has 0 aliphatic carbocycles. The van der Waals surface area contributed by atoms with Gasteiger partial charge in [0, 0.05) is 48.2 Å². The second-order valence-corrected chi connectivity index (χ2v) is 6.78. The van der Waals surface area contributed by atoms with Crippen LogP contribution in [-0.4, -0.2) is 33.9 Å². The molecule has 4 nitrogen and oxygen atoms in total. The minimum atomic E-state index is -0.257. The number of carbonyl (C=O) groups is 1. The molecule has 4 rings (SSSR count). The molecule has 5 heteroatoms. The minimum Gasteiger partial charge on any atom is -0.338 e. The molecule has 1 aliphatic rings. The minimum absolute atomic E-state index is 0.0387. The van der Waals surface area contributed by atoms with Gasteiger partial charge < -0.3 is 4.90 Å². The van der Waals surface area contributed by atoms with Crippen LogP contribution in [0.3, 0.4) is 0 Å². The first-order valence-electron chi connectivity index (χ1n) is 9.13. The number of carbonyl (C=O) groups excluding carboxylic acids is 1. The van der Waals surface area contributed by atoms with Crippen LogP contribution in [0.1, 0.15) is 34.8 Å². The van der Waals surface area contributed by atoms with Gasteiger partial charge in [0.1, 0.15) is 5.82 Å². The second kappa shape index (κ2) is 7.66. The highest BCUT2D eigenvalue weighted by molar-refractivity contribution is 5.94. The van der Waals surface area contributed by atoms with Crippen molar-refractivity contribution in [3.8, 4) is 11.3 Å². The van der Waals surface area contributed by atoms with Crippen LogP contribution < -0.4 is 0 Å². The summed E-state index contributed by atoms with van der Waals surface area (Å²) in [6, 6.07) is 15.8. The Morgan fingerprint density at radius 1 is 1.04 bits per heavy atom. The average Bonchev–Trinajstić information content (AvgIpc) is 2.74. The Hall–Kier alpha value is -3.08. The molecular weight excluding hydrogens is 341 g/mol. The lowest BCUT2D eigenvalue weighted by molar-refractivity contribution is 0.0706. The van der Waals surface area contributed by atoms with Gasteiger partial charge in [-0.25, -0.2) is 4.39 Å². The van der Waals surface area contributed by atoms with E-state index in [1.54, 1.807) is 36.7 Å². The van der Waals surface area contributed by atoms with Crippen molar-refractivity contribution in [2.24, 2.45) is 0 Å². The van der Waals surface area contributed by atoms with Gasteiger partial charge in [-0.15, -0.1) is 0 Å². The van der Waals surface area contributed by atoms with E-state index in [0.29, 0.717) is 12.1 Å². The molecule has 0 radical (unpaired) electrons. The number of amides is 1. The zero-order valence-electron chi connectivity index (χ0n) is 14.9. The fraction of sp³-hybridized carbons (Fsp3) is 0.227. The van der Waals surface area contributed by atoms with E-state index >= 15 is 0 Å². The Kier molecular flexibility index (Phi) is 4.92. The van der Waals surface area contributed by atoms with Gasteiger partial charge in [0.15, 0.2) is 0 Å². The Bertz CT molecular complexity index is 928. The van der Waals surface area contributed by atoms with Gasteiger partial charge in [-0.05, 0) is 61.4 Å². The Morgan fingerprint density at radius 3 is 2.59 bits per heavy atom. The molecule has 1 unspecified atom stereocenters. The molecule has 1 atom stereocenters. The molecule has 1 fully saturated rings. The number of rotatable bonds is 3. The smallest absolute Gasteiger partial charge is 0.253 e. The molecular formula is C22H20FN3O. The van der Waals surface area contributed by atoms with Crippen molar-refractivity contribution in [3.63, 3.8) is 0 Å². The third-order valence-corrected chi connectivity index (χ3v) is 4.96. The zero-order valence-corrected chi connectivity index (χ0v) is 14.9. The predicted octanol–water partition coefficient (Wildman–Crippen LogP) is 4.30. The molecule has 3 aromatic rings. The summed E-state index contributed by atoms with van der Waals surface area (Å²) in [7, 11) is 0. The van der Waals surface area contributed by atoms with E-state index in [1.165, 1.54) is 12.1 Å². The largest absolute Gasteiger partial charge is 0.338 e. The highest BCUT2D eigenvalue weighted by Crippen LogP contribution is 2.28. The van der Waals surface area contributed by atoms with Crippen molar-refractivity contribution >= 4 is 5.91 Å². The summed E-state index contributed by atoms with van der Waals surface area (Å²) in [5.74, 6) is -0.0193. The highest BCUT2D eigenvalue weighted by Gasteiger charge is 2.26. The van der Waals surface area contributed by atoms with Gasteiger partial charge >= 0.3 is 0 Å². The van der Waals surface area contributed by atoms with Gasteiger partial charge in [0.05, 0.1) is 5.69 Å². The van der Waals surface area contributed by atoms with Crippen molar-refractivity contribution in [2.75, 3.05) is 13.1 Å². The van der Waals surface area contributed by atoms with Crippen LogP contribution in [0.5, 0.6) is 0 Å². The van der Waals surface area contributed by atoms with E-state index < -0.39 is 0 Å². The van der Waals surface area contributed by atoms with Crippen molar-refractivity contribution in [1.29, 1.82) is 0 Å². The first kappa shape index (κ1) is 17.3. The Balaban J connectivity index is 1.54. The van der Waals surface area contributed by atoms with Crippen LogP contribution in [0.4, 0.5) is 4.39 Å². The third-order valence-electron chi connectivity index (χ3n) is 4.96. The van der Waals surface area contributed by atoms with Gasteiger partial charge in [-0.2, -0.15) is 0 Å². The predicted molar refractivity (Wildman–Crippen MR) is 102 cm³/mol. The fourth-order valence-electron chi connectivity index (χ4n) is 3.54. The normalized spacial score (nSPS) is 16.9. The fourth-order valence-corrected chi connectivity index (χ4v) is 3.54. The first-order valence-corrected chi connectivity index (χ1v) is 9.13. The molecule has 0 saturated carbocycles. The van der Waals surface area contributed by atoms with Crippen LogP contribution in [0.25, 0.3) is 11.3 Å². The van der Waals surface area contributed by atoms with E-state index in [0.717, 1.165) is 36.3 Å². The van der Waals surface area contributed by atoms with E-state index in [1.807, 2.05) is 23.1 Å². The van der Waals surface area contributed by atoms with Crippen LogP contribution in [0, 0.1) is 5.82 Å². The highest BCUT2D eigenvalue weighted by atomic mass is 19.1. The summed E-state index contributed by atoms with van der Waals surface area (Å²) in [6.07, 6.45) is 5.23. The number of hydrogen-bond donors (Lipinski definition) is 0. The zero-order chi connectivity index (χ0) is 18.6. The quantitative estimate of drug-likeness (QED) is 0.699. The van der Waals surface area contributed by atoms with Crippen molar-refractivity contribution in [3.05, 3.63) is 84.1 Å². The third kappa shape index (κ3) is 3.87. The van der Waals surface area contributed by atoms with Crippen molar-refractivity contribution in [2.45, 2.75) is 18.8 Å². The number of hydrogen-bond acceptors (Lipinski definition) is 3. The van der Waals surface area contributed by atoms with E-state index in [2.05, 4.69) is 4.98 Å². The molecule has 1 aromatic carbocycles. The number of aromatic nitrogens is 2. The second-order valence-electron chi connectivity index (χ2n) is 6.78. The molecule has 0 N–H and O–H groups in total. The number of halogens is 1. The molecule has 0 bridgehead atoms. The lowest BCUT2D eigenvalue weighted by Crippen LogP contribution is -2.39. The van der Waals surface area contributed by atoms with Crippen LogP contribution >= 0.6 is 0 Å². The van der Waals surface area contributed by atoms with Gasteiger partial charge in [-0.1, -0.05) is 6.07 Å². The van der Waals surface area contributed by atoms with Gasteiger partial charge in [0.25, 0.3) is 5.91 Å². The van der Waals surface area contributed by atoms with E-state index in [-0.39, 0.29) is 17.6 Å². The monoisotopic (exact) mass is 361 g/mol. The number of piperidine rings is 1. The summed E-state index contributed by atoms with van der Waals surface area (Å²) in [4.78, 5) is 23.4. The topological polar surface area (TPSA) is 46.1 Å². The number of benzene rings is 1. The summed E-state index contributed by atoms with van der Waals surface area (Å²) < 4.78 is 13.2. The summed E-state index contributed by atoms with van der Waals surface area (Å²) in [6.45, 7) is 1.41. The lowest BCUT2D eigenvalue weighted by atomic mass is 9.93. The average molecular weight is 361 g/mol. The van der Waals surface area contributed by atoms with Crippen LogP contribution in [0.15, 0.2) is 67.0 Å². The molecule has 1 saturated heterocycles. The molecule has 2 aromatic heterocycles. The first-order chi connectivity index (χ1) is 13.2. The molecule has 1 amide bonds. The SMILES string of the molecule is O=C(c1ccncc1)N1CCCC(c2cccc(-c3ccc(F)cc3)n2)C1. The van der Waals surface area contributed by atoms with Gasteiger partial charge in [0.2, 0.25) is 0 Å². The van der Waals surface area contributed by atoms with Gasteiger partial charge in [-0.3, -0.25) is 14.8 Å². The molecule has 136 valence electrons. The lowest BCUT2D eigenvalue weighted by Gasteiger charge is -2.32.